The van der Waals surface area contributed by atoms with Crippen LogP contribution in [0, 0.1) is 11.8 Å². The van der Waals surface area contributed by atoms with E-state index in [1.807, 2.05) is 26.2 Å². The molecule has 0 radical (unpaired) electrons. The molecule has 140 valence electrons. The van der Waals surface area contributed by atoms with Gasteiger partial charge in [0.25, 0.3) is 0 Å². The van der Waals surface area contributed by atoms with Gasteiger partial charge in [-0.25, -0.2) is 0 Å². The number of hydrogen-bond acceptors (Lipinski definition) is 2. The first-order chi connectivity index (χ1) is 12.8. The van der Waals surface area contributed by atoms with E-state index < -0.39 is 0 Å². The maximum absolute atomic E-state index is 4.23. The van der Waals surface area contributed by atoms with Crippen LogP contribution in [-0.4, -0.2) is 25.0 Å². The molecule has 0 aliphatic rings. The average Bonchev–Trinajstić information content (AvgIpc) is 2.70. The van der Waals surface area contributed by atoms with Gasteiger partial charge in [-0.1, -0.05) is 63.1 Å². The second-order valence-corrected chi connectivity index (χ2v) is 7.11. The second kappa shape index (κ2) is 9.14. The van der Waals surface area contributed by atoms with E-state index in [0.717, 1.165) is 28.1 Å². The van der Waals surface area contributed by atoms with Gasteiger partial charge in [-0.15, -0.1) is 0 Å². The van der Waals surface area contributed by atoms with Crippen molar-refractivity contribution in [3.8, 4) is 11.8 Å². The van der Waals surface area contributed by atoms with Gasteiger partial charge < -0.3 is 10.2 Å². The third-order valence-electron chi connectivity index (χ3n) is 4.98. The summed E-state index contributed by atoms with van der Waals surface area (Å²) >= 11 is 0. The molecule has 0 amide bonds. The third kappa shape index (κ3) is 5.28. The standard InChI is InChI=1S/C25H30N2/c1-18(2)24-14-10-22(11-15-24)8-9-23-12-16-25(17-13-23)21(5)27(7)20(4)19(3)26-6/h10-18,20,26H,3,5H2,1-2,4,6-7H3. The van der Waals surface area contributed by atoms with Crippen LogP contribution in [0.5, 0.6) is 0 Å². The highest BCUT2D eigenvalue weighted by molar-refractivity contribution is 5.63. The highest BCUT2D eigenvalue weighted by Crippen LogP contribution is 2.20. The van der Waals surface area contributed by atoms with Gasteiger partial charge in [-0.05, 0) is 48.2 Å². The molecule has 0 bridgehead atoms. The first-order valence-electron chi connectivity index (χ1n) is 9.34. The Labute approximate surface area is 164 Å². The van der Waals surface area contributed by atoms with Gasteiger partial charge in [0.2, 0.25) is 0 Å². The predicted molar refractivity (Wildman–Crippen MR) is 117 cm³/mol. The number of nitrogens with one attached hydrogen (secondary N) is 1. The zero-order chi connectivity index (χ0) is 20.0. The molecule has 0 saturated heterocycles. The maximum Gasteiger partial charge on any atom is 0.0650 e. The van der Waals surface area contributed by atoms with E-state index in [4.69, 9.17) is 0 Å². The fourth-order valence-corrected chi connectivity index (χ4v) is 2.72. The van der Waals surface area contributed by atoms with Crippen molar-refractivity contribution in [2.24, 2.45) is 0 Å². The minimum absolute atomic E-state index is 0.163. The van der Waals surface area contributed by atoms with E-state index in [2.05, 4.69) is 92.4 Å². The van der Waals surface area contributed by atoms with Crippen molar-refractivity contribution < 1.29 is 0 Å². The van der Waals surface area contributed by atoms with Crippen molar-refractivity contribution in [3.63, 3.8) is 0 Å². The first-order valence-corrected chi connectivity index (χ1v) is 9.34. The Bertz CT molecular complexity index is 846. The molecule has 1 atom stereocenters. The lowest BCUT2D eigenvalue weighted by Gasteiger charge is -2.30. The summed E-state index contributed by atoms with van der Waals surface area (Å²) in [5.74, 6) is 7.01. The van der Waals surface area contributed by atoms with E-state index in [-0.39, 0.29) is 6.04 Å². The lowest BCUT2D eigenvalue weighted by molar-refractivity contribution is 0.403. The van der Waals surface area contributed by atoms with E-state index >= 15 is 0 Å². The predicted octanol–water partition coefficient (Wildman–Crippen LogP) is 5.23. The van der Waals surface area contributed by atoms with Crippen LogP contribution < -0.4 is 5.32 Å². The summed E-state index contributed by atoms with van der Waals surface area (Å²) in [6.07, 6.45) is 0. The highest BCUT2D eigenvalue weighted by Gasteiger charge is 2.14. The normalized spacial score (nSPS) is 11.3. The van der Waals surface area contributed by atoms with Gasteiger partial charge >= 0.3 is 0 Å². The zero-order valence-corrected chi connectivity index (χ0v) is 17.1. The number of nitrogens with zero attached hydrogens (tertiary/aromatic N) is 1. The van der Waals surface area contributed by atoms with Crippen LogP contribution in [0.4, 0.5) is 0 Å². The Kier molecular flexibility index (Phi) is 6.91. The molecule has 0 fully saturated rings. The molecule has 2 aromatic rings. The van der Waals surface area contributed by atoms with Crippen molar-refractivity contribution in [1.29, 1.82) is 0 Å². The first kappa shape index (κ1) is 20.4. The molecule has 27 heavy (non-hydrogen) atoms. The van der Waals surface area contributed by atoms with Gasteiger partial charge in [0.1, 0.15) is 0 Å². The number of benzene rings is 2. The largest absolute Gasteiger partial charge is 0.390 e. The molecule has 0 aliphatic heterocycles. The Morgan fingerprint density at radius 3 is 1.81 bits per heavy atom. The minimum atomic E-state index is 0.163. The zero-order valence-electron chi connectivity index (χ0n) is 17.1. The van der Waals surface area contributed by atoms with Crippen LogP contribution in [0.2, 0.25) is 0 Å². The van der Waals surface area contributed by atoms with Crippen LogP contribution in [0.3, 0.4) is 0 Å². The summed E-state index contributed by atoms with van der Waals surface area (Å²) in [6, 6.07) is 16.9. The van der Waals surface area contributed by atoms with Crippen LogP contribution in [0.25, 0.3) is 5.70 Å². The quantitative estimate of drug-likeness (QED) is 0.711. The van der Waals surface area contributed by atoms with Crippen molar-refractivity contribution in [2.75, 3.05) is 14.1 Å². The Morgan fingerprint density at radius 1 is 0.889 bits per heavy atom. The van der Waals surface area contributed by atoms with Gasteiger partial charge in [-0.3, -0.25) is 0 Å². The number of likely N-dealkylation sites (N-methyl/N-ethyl adjacent to an activating group) is 2. The SMILES string of the molecule is C=C(NC)C(C)N(C)C(=C)c1ccc(C#Cc2ccc(C(C)C)cc2)cc1. The maximum atomic E-state index is 4.23. The van der Waals surface area contributed by atoms with Crippen molar-refractivity contribution in [3.05, 3.63) is 89.6 Å². The molecule has 0 heterocycles. The molecule has 0 aliphatic carbocycles. The molecule has 0 spiro atoms. The summed E-state index contributed by atoms with van der Waals surface area (Å²) in [5, 5.41) is 3.11. The van der Waals surface area contributed by atoms with Crippen molar-refractivity contribution in [1.82, 2.24) is 10.2 Å². The summed E-state index contributed by atoms with van der Waals surface area (Å²) in [6.45, 7) is 14.8. The number of rotatable bonds is 6. The monoisotopic (exact) mass is 358 g/mol. The Hall–Kier alpha value is -2.92. The molecule has 1 unspecified atom stereocenters. The summed E-state index contributed by atoms with van der Waals surface area (Å²) in [4.78, 5) is 2.12. The van der Waals surface area contributed by atoms with Gasteiger partial charge in [0, 0.05) is 36.6 Å². The van der Waals surface area contributed by atoms with Crippen molar-refractivity contribution in [2.45, 2.75) is 32.7 Å². The Balaban J connectivity index is 2.09. The third-order valence-corrected chi connectivity index (χ3v) is 4.98. The lowest BCUT2D eigenvalue weighted by Crippen LogP contribution is -2.33. The lowest BCUT2D eigenvalue weighted by atomic mass is 10.0. The molecule has 0 saturated carbocycles. The van der Waals surface area contributed by atoms with Gasteiger partial charge in [0.15, 0.2) is 0 Å². The van der Waals surface area contributed by atoms with Gasteiger partial charge in [0.05, 0.1) is 6.04 Å². The molecular weight excluding hydrogens is 328 g/mol. The Morgan fingerprint density at radius 2 is 1.37 bits per heavy atom. The molecule has 2 aromatic carbocycles. The van der Waals surface area contributed by atoms with Crippen molar-refractivity contribution >= 4 is 5.70 Å². The smallest absolute Gasteiger partial charge is 0.0650 e. The number of hydrogen-bond donors (Lipinski definition) is 1. The van der Waals surface area contributed by atoms with E-state index in [9.17, 15) is 0 Å². The average molecular weight is 359 g/mol. The molecule has 2 nitrogen and oxygen atoms in total. The summed E-state index contributed by atoms with van der Waals surface area (Å²) in [5.41, 5.74) is 6.37. The van der Waals surface area contributed by atoms with Crippen LogP contribution >= 0.6 is 0 Å². The van der Waals surface area contributed by atoms with Gasteiger partial charge in [-0.2, -0.15) is 0 Å². The van der Waals surface area contributed by atoms with E-state index in [1.165, 1.54) is 5.56 Å². The molecular formula is C25H30N2. The molecule has 1 N–H and O–H groups in total. The molecule has 2 rings (SSSR count). The topological polar surface area (TPSA) is 15.3 Å². The van der Waals surface area contributed by atoms with Crippen LogP contribution in [0.15, 0.2) is 67.4 Å². The van der Waals surface area contributed by atoms with Crippen LogP contribution in [-0.2, 0) is 0 Å². The fourth-order valence-electron chi connectivity index (χ4n) is 2.72. The molecule has 0 aromatic heterocycles. The highest BCUT2D eigenvalue weighted by atomic mass is 15.2. The minimum Gasteiger partial charge on any atom is -0.390 e. The fraction of sp³-hybridized carbons (Fsp3) is 0.280. The van der Waals surface area contributed by atoms with E-state index in [0.29, 0.717) is 5.92 Å². The van der Waals surface area contributed by atoms with Crippen LogP contribution in [0.1, 0.15) is 48.9 Å². The second-order valence-electron chi connectivity index (χ2n) is 7.11. The van der Waals surface area contributed by atoms with E-state index in [1.54, 1.807) is 0 Å². The summed E-state index contributed by atoms with van der Waals surface area (Å²) in [7, 11) is 3.92. The summed E-state index contributed by atoms with van der Waals surface area (Å²) < 4.78 is 0. The molecule has 2 heteroatoms.